The molecule has 2 aromatic carbocycles. The lowest BCUT2D eigenvalue weighted by molar-refractivity contribution is -0.151. The number of hydrogen-bond donors (Lipinski definition) is 1. The van der Waals surface area contributed by atoms with Crippen molar-refractivity contribution in [2.75, 3.05) is 25.3 Å². The highest BCUT2D eigenvalue weighted by Gasteiger charge is 2.15. The quantitative estimate of drug-likeness (QED) is 0.408. The molecule has 0 spiro atoms. The predicted molar refractivity (Wildman–Crippen MR) is 111 cm³/mol. The molecule has 30 heavy (non-hydrogen) atoms. The van der Waals surface area contributed by atoms with Gasteiger partial charge in [0.2, 0.25) is 13.4 Å². The predicted octanol–water partition coefficient (Wildman–Crippen LogP) is 3.61. The van der Waals surface area contributed by atoms with Crippen LogP contribution in [0.3, 0.4) is 0 Å². The highest BCUT2D eigenvalue weighted by molar-refractivity contribution is 6.34. The fourth-order valence-electron chi connectivity index (χ4n) is 2.79. The number of oxime groups is 1. The van der Waals surface area contributed by atoms with E-state index in [0.29, 0.717) is 27.9 Å². The van der Waals surface area contributed by atoms with Gasteiger partial charge < -0.3 is 24.4 Å². The number of aryl methyl sites for hydroxylation is 2. The number of amides is 1. The van der Waals surface area contributed by atoms with Crippen LogP contribution < -0.4 is 14.8 Å². The molecule has 0 atom stereocenters. The Morgan fingerprint density at radius 2 is 1.90 bits per heavy atom. The Kier molecular flexibility index (Phi) is 6.79. The Morgan fingerprint density at radius 3 is 2.67 bits per heavy atom. The molecule has 1 aliphatic rings. The second-order valence-electron chi connectivity index (χ2n) is 6.67. The number of benzene rings is 2. The summed E-state index contributed by atoms with van der Waals surface area (Å²) in [6, 6.07) is 8.97. The van der Waals surface area contributed by atoms with Crippen molar-refractivity contribution in [2.24, 2.45) is 5.16 Å². The van der Waals surface area contributed by atoms with E-state index in [0.717, 1.165) is 16.7 Å². The minimum absolute atomic E-state index is 0.181. The van der Waals surface area contributed by atoms with Gasteiger partial charge in [0.15, 0.2) is 18.1 Å². The lowest BCUT2D eigenvalue weighted by Crippen LogP contribution is -2.23. The zero-order valence-corrected chi connectivity index (χ0v) is 17.5. The molecule has 1 aliphatic heterocycles. The van der Waals surface area contributed by atoms with Crippen LogP contribution in [-0.2, 0) is 19.2 Å². The monoisotopic (exact) mass is 432 g/mol. The highest BCUT2D eigenvalue weighted by atomic mass is 35.5. The van der Waals surface area contributed by atoms with E-state index in [2.05, 4.69) is 10.5 Å². The van der Waals surface area contributed by atoms with Crippen molar-refractivity contribution in [3.05, 3.63) is 52.0 Å². The van der Waals surface area contributed by atoms with E-state index in [9.17, 15) is 9.59 Å². The summed E-state index contributed by atoms with van der Waals surface area (Å²) in [6.45, 7) is 4.75. The molecule has 0 saturated heterocycles. The zero-order chi connectivity index (χ0) is 21.7. The number of carbonyl (C=O) groups is 2. The summed E-state index contributed by atoms with van der Waals surface area (Å²) < 4.78 is 15.5. The zero-order valence-electron chi connectivity index (χ0n) is 16.8. The average molecular weight is 433 g/mol. The number of fused-ring (bicyclic) bond motifs is 1. The minimum atomic E-state index is -0.723. The van der Waals surface area contributed by atoms with Crippen LogP contribution in [0.25, 0.3) is 0 Å². The first-order valence-electron chi connectivity index (χ1n) is 9.12. The molecule has 0 aliphatic carbocycles. The van der Waals surface area contributed by atoms with Crippen molar-refractivity contribution in [3.63, 3.8) is 0 Å². The van der Waals surface area contributed by atoms with Crippen molar-refractivity contribution in [2.45, 2.75) is 20.8 Å². The van der Waals surface area contributed by atoms with Gasteiger partial charge in [-0.15, -0.1) is 0 Å². The highest BCUT2D eigenvalue weighted by Crippen LogP contribution is 2.32. The molecule has 1 amide bonds. The molecular formula is C21H21ClN2O6. The number of halogens is 1. The summed E-state index contributed by atoms with van der Waals surface area (Å²) in [5.41, 5.74) is 3.59. The van der Waals surface area contributed by atoms with Crippen LogP contribution >= 0.6 is 11.6 Å². The van der Waals surface area contributed by atoms with Gasteiger partial charge in [0.25, 0.3) is 5.91 Å². The maximum atomic E-state index is 12.0. The molecule has 158 valence electrons. The molecular weight excluding hydrogens is 412 g/mol. The smallest absolute Gasteiger partial charge is 0.347 e. The molecule has 0 saturated carbocycles. The largest absolute Gasteiger partial charge is 0.454 e. The van der Waals surface area contributed by atoms with Gasteiger partial charge in [-0.25, -0.2) is 4.79 Å². The third-order valence-electron chi connectivity index (χ3n) is 4.23. The molecule has 0 bridgehead atoms. The van der Waals surface area contributed by atoms with Crippen LogP contribution in [-0.4, -0.2) is 37.6 Å². The van der Waals surface area contributed by atoms with Crippen molar-refractivity contribution in [1.82, 2.24) is 0 Å². The van der Waals surface area contributed by atoms with Crippen LogP contribution in [0.5, 0.6) is 11.5 Å². The van der Waals surface area contributed by atoms with Gasteiger partial charge in [-0.1, -0.05) is 22.8 Å². The molecule has 0 unspecified atom stereocenters. The van der Waals surface area contributed by atoms with E-state index in [4.69, 9.17) is 30.6 Å². The molecule has 1 N–H and O–H groups in total. The summed E-state index contributed by atoms with van der Waals surface area (Å²) in [4.78, 5) is 28.8. The fourth-order valence-corrected chi connectivity index (χ4v) is 3.16. The van der Waals surface area contributed by atoms with E-state index in [-0.39, 0.29) is 6.79 Å². The van der Waals surface area contributed by atoms with E-state index < -0.39 is 25.1 Å². The van der Waals surface area contributed by atoms with Crippen molar-refractivity contribution >= 4 is 34.9 Å². The van der Waals surface area contributed by atoms with Gasteiger partial charge in [-0.05, 0) is 56.2 Å². The fraction of sp³-hybridized carbons (Fsp3) is 0.286. The number of hydrogen-bond acceptors (Lipinski definition) is 7. The number of esters is 1. The van der Waals surface area contributed by atoms with Gasteiger partial charge in [0.1, 0.15) is 0 Å². The van der Waals surface area contributed by atoms with Crippen molar-refractivity contribution in [1.29, 1.82) is 0 Å². The Hall–Kier alpha value is -3.26. The Morgan fingerprint density at radius 1 is 1.13 bits per heavy atom. The number of nitrogens with zero attached hydrogens (tertiary/aromatic N) is 1. The molecule has 0 radical (unpaired) electrons. The third-order valence-corrected chi connectivity index (χ3v) is 4.53. The molecule has 3 rings (SSSR count). The number of ether oxygens (including phenoxy) is 3. The maximum absolute atomic E-state index is 12.0. The molecule has 1 heterocycles. The summed E-state index contributed by atoms with van der Waals surface area (Å²) in [6.07, 6.45) is 0. The van der Waals surface area contributed by atoms with Gasteiger partial charge in [-0.3, -0.25) is 4.79 Å². The molecule has 0 aromatic heterocycles. The topological polar surface area (TPSA) is 95.5 Å². The van der Waals surface area contributed by atoms with E-state index in [1.165, 1.54) is 0 Å². The SMILES string of the molecule is C/C(=N\OCC(=O)OCC(=O)Nc1c(C)cc(C)cc1Cl)c1ccc2c(c1)OCO2. The Balaban J connectivity index is 1.44. The van der Waals surface area contributed by atoms with Crippen molar-refractivity contribution in [3.8, 4) is 11.5 Å². The van der Waals surface area contributed by atoms with Crippen LogP contribution in [0.1, 0.15) is 23.6 Å². The summed E-state index contributed by atoms with van der Waals surface area (Å²) in [7, 11) is 0. The summed E-state index contributed by atoms with van der Waals surface area (Å²) in [5, 5.41) is 6.95. The third kappa shape index (κ3) is 5.42. The average Bonchev–Trinajstić information content (AvgIpc) is 3.17. The van der Waals surface area contributed by atoms with E-state index >= 15 is 0 Å². The standard InChI is InChI=1S/C21H21ClN2O6/c1-12-6-13(2)21(16(22)7-12)23-19(25)9-27-20(26)10-30-24-14(3)15-4-5-17-18(8-15)29-11-28-17/h4-8H,9-11H2,1-3H3,(H,23,25)/b24-14+. The van der Waals surface area contributed by atoms with E-state index in [1.807, 2.05) is 19.9 Å². The molecule has 0 fully saturated rings. The second kappa shape index (κ2) is 9.49. The summed E-state index contributed by atoms with van der Waals surface area (Å²) in [5.74, 6) is 0.0594. The van der Waals surface area contributed by atoms with Crippen LogP contribution in [0.4, 0.5) is 5.69 Å². The maximum Gasteiger partial charge on any atom is 0.347 e. The lowest BCUT2D eigenvalue weighted by atomic mass is 10.1. The molecule has 9 heteroatoms. The summed E-state index contributed by atoms with van der Waals surface area (Å²) >= 11 is 6.15. The van der Waals surface area contributed by atoms with Gasteiger partial charge in [0.05, 0.1) is 16.4 Å². The first kappa shape index (κ1) is 21.4. The van der Waals surface area contributed by atoms with Gasteiger partial charge >= 0.3 is 5.97 Å². The van der Waals surface area contributed by atoms with Gasteiger partial charge in [-0.2, -0.15) is 0 Å². The van der Waals surface area contributed by atoms with Crippen LogP contribution in [0, 0.1) is 13.8 Å². The van der Waals surface area contributed by atoms with E-state index in [1.54, 1.807) is 31.2 Å². The first-order chi connectivity index (χ1) is 14.3. The van der Waals surface area contributed by atoms with Crippen LogP contribution in [0.15, 0.2) is 35.5 Å². The second-order valence-corrected chi connectivity index (χ2v) is 7.07. The van der Waals surface area contributed by atoms with Crippen molar-refractivity contribution < 1.29 is 28.6 Å². The normalized spacial score (nSPS) is 12.5. The number of nitrogens with one attached hydrogen (secondary N) is 1. The van der Waals surface area contributed by atoms with Crippen LogP contribution in [0.2, 0.25) is 5.02 Å². The number of carbonyl (C=O) groups excluding carboxylic acids is 2. The minimum Gasteiger partial charge on any atom is -0.454 e. The Labute approximate surface area is 178 Å². The first-order valence-corrected chi connectivity index (χ1v) is 9.50. The molecule has 2 aromatic rings. The number of rotatable bonds is 7. The van der Waals surface area contributed by atoms with Gasteiger partial charge in [0, 0.05) is 5.56 Å². The lowest BCUT2D eigenvalue weighted by Gasteiger charge is -2.11. The number of anilines is 1. The molecule has 8 nitrogen and oxygen atoms in total. The Bertz CT molecular complexity index is 982.